The summed E-state index contributed by atoms with van der Waals surface area (Å²) in [7, 11) is 0. The number of carbonyl (C=O) groups is 1. The molecule has 1 aliphatic rings. The van der Waals surface area contributed by atoms with Crippen LogP contribution in [-0.2, 0) is 20.7 Å². The van der Waals surface area contributed by atoms with Gasteiger partial charge in [-0.2, -0.15) is 0 Å². The van der Waals surface area contributed by atoms with Crippen molar-refractivity contribution in [2.24, 2.45) is 0 Å². The summed E-state index contributed by atoms with van der Waals surface area (Å²) in [4.78, 5) is 11.4. The highest BCUT2D eigenvalue weighted by atomic mass is 16.8. The molecular formula is C13H16O3. The topological polar surface area (TPSA) is 35.5 Å². The maximum absolute atomic E-state index is 11.4. The summed E-state index contributed by atoms with van der Waals surface area (Å²) in [5, 5.41) is 0. The van der Waals surface area contributed by atoms with Gasteiger partial charge in [-0.05, 0) is 31.9 Å². The molecule has 0 N–H and O–H groups in total. The molecule has 1 aromatic carbocycles. The number of hydrogen-bond donors (Lipinski definition) is 0. The van der Waals surface area contributed by atoms with Gasteiger partial charge in [-0.1, -0.05) is 24.3 Å². The average Bonchev–Trinajstić information content (AvgIpc) is 2.44. The van der Waals surface area contributed by atoms with Gasteiger partial charge in [0, 0.05) is 6.42 Å². The highest BCUT2D eigenvalue weighted by Crippen LogP contribution is 2.26. The molecule has 1 saturated heterocycles. The van der Waals surface area contributed by atoms with E-state index in [-0.39, 0.29) is 5.97 Å². The third kappa shape index (κ3) is 2.09. The van der Waals surface area contributed by atoms with E-state index in [1.807, 2.05) is 31.2 Å². The third-order valence-electron chi connectivity index (χ3n) is 2.80. The number of benzene rings is 1. The van der Waals surface area contributed by atoms with Crippen LogP contribution in [0.4, 0.5) is 0 Å². The molecule has 3 heteroatoms. The highest BCUT2D eigenvalue weighted by molar-refractivity contribution is 5.80. The lowest BCUT2D eigenvalue weighted by atomic mass is 10.1. The van der Waals surface area contributed by atoms with Crippen molar-refractivity contribution >= 4 is 5.97 Å². The Hall–Kier alpha value is -1.35. The minimum atomic E-state index is -0.812. The molecule has 1 heterocycles. The Morgan fingerprint density at radius 3 is 2.56 bits per heavy atom. The summed E-state index contributed by atoms with van der Waals surface area (Å²) in [5.74, 6) is -0.286. The van der Waals surface area contributed by atoms with Crippen molar-refractivity contribution in [2.75, 3.05) is 0 Å². The van der Waals surface area contributed by atoms with Gasteiger partial charge in [0.05, 0.1) is 0 Å². The summed E-state index contributed by atoms with van der Waals surface area (Å²) >= 11 is 0. The van der Waals surface area contributed by atoms with Crippen LogP contribution < -0.4 is 0 Å². The molecule has 3 nitrogen and oxygen atoms in total. The zero-order valence-corrected chi connectivity index (χ0v) is 9.82. The minimum absolute atomic E-state index is 0.286. The summed E-state index contributed by atoms with van der Waals surface area (Å²) < 4.78 is 10.7. The van der Waals surface area contributed by atoms with Gasteiger partial charge in [0.15, 0.2) is 5.60 Å². The van der Waals surface area contributed by atoms with Crippen LogP contribution in [0.2, 0.25) is 0 Å². The lowest BCUT2D eigenvalue weighted by molar-refractivity contribution is -0.144. The Morgan fingerprint density at radius 1 is 1.31 bits per heavy atom. The van der Waals surface area contributed by atoms with E-state index in [1.54, 1.807) is 13.8 Å². The largest absolute Gasteiger partial charge is 0.433 e. The van der Waals surface area contributed by atoms with E-state index >= 15 is 0 Å². The van der Waals surface area contributed by atoms with Gasteiger partial charge >= 0.3 is 5.97 Å². The molecule has 0 bridgehead atoms. The molecule has 86 valence electrons. The van der Waals surface area contributed by atoms with E-state index in [0.29, 0.717) is 6.42 Å². The van der Waals surface area contributed by atoms with Gasteiger partial charge in [-0.3, -0.25) is 0 Å². The van der Waals surface area contributed by atoms with Crippen molar-refractivity contribution in [2.45, 2.75) is 39.1 Å². The monoisotopic (exact) mass is 220 g/mol. The predicted molar refractivity (Wildman–Crippen MR) is 59.9 cm³/mol. The second-order valence-electron chi connectivity index (χ2n) is 4.59. The normalized spacial score (nSPS) is 23.2. The van der Waals surface area contributed by atoms with Crippen LogP contribution in [0.1, 0.15) is 25.0 Å². The van der Waals surface area contributed by atoms with E-state index in [0.717, 1.165) is 5.56 Å². The van der Waals surface area contributed by atoms with Crippen LogP contribution in [0.25, 0.3) is 0 Å². The van der Waals surface area contributed by atoms with Gasteiger partial charge in [0.1, 0.15) is 0 Å². The first-order valence-corrected chi connectivity index (χ1v) is 5.42. The van der Waals surface area contributed by atoms with Gasteiger partial charge in [-0.15, -0.1) is 0 Å². The number of hydrogen-bond acceptors (Lipinski definition) is 3. The first-order chi connectivity index (χ1) is 7.49. The Bertz CT molecular complexity index is 409. The van der Waals surface area contributed by atoms with Crippen molar-refractivity contribution < 1.29 is 14.3 Å². The standard InChI is InChI=1S/C13H16O3/c1-9-6-4-5-7-10(9)8-11-15-12(14)13(2,3)16-11/h4-7,11H,8H2,1-3H3. The Labute approximate surface area is 95.4 Å². The van der Waals surface area contributed by atoms with Gasteiger partial charge < -0.3 is 9.47 Å². The smallest absolute Gasteiger partial charge is 0.340 e. The number of rotatable bonds is 2. The van der Waals surface area contributed by atoms with E-state index in [9.17, 15) is 4.79 Å². The van der Waals surface area contributed by atoms with Crippen molar-refractivity contribution in [3.8, 4) is 0 Å². The SMILES string of the molecule is Cc1ccccc1CC1OC(=O)C(C)(C)O1. The highest BCUT2D eigenvalue weighted by Gasteiger charge is 2.42. The molecule has 0 saturated carbocycles. The van der Waals surface area contributed by atoms with Crippen LogP contribution in [0.15, 0.2) is 24.3 Å². The number of carbonyl (C=O) groups excluding carboxylic acids is 1. The van der Waals surface area contributed by atoms with Gasteiger partial charge in [0.2, 0.25) is 6.29 Å². The average molecular weight is 220 g/mol. The lowest BCUT2D eigenvalue weighted by Crippen LogP contribution is -2.28. The van der Waals surface area contributed by atoms with Crippen molar-refractivity contribution in [3.05, 3.63) is 35.4 Å². The van der Waals surface area contributed by atoms with E-state index < -0.39 is 11.9 Å². The molecule has 0 aromatic heterocycles. The van der Waals surface area contributed by atoms with Crippen LogP contribution in [-0.4, -0.2) is 17.9 Å². The minimum Gasteiger partial charge on any atom is -0.433 e. The molecule has 2 rings (SSSR count). The summed E-state index contributed by atoms with van der Waals surface area (Å²) in [5.41, 5.74) is 1.53. The second kappa shape index (κ2) is 3.91. The predicted octanol–water partition coefficient (Wildman–Crippen LogP) is 2.22. The van der Waals surface area contributed by atoms with E-state index in [1.165, 1.54) is 5.56 Å². The van der Waals surface area contributed by atoms with Crippen molar-refractivity contribution in [3.63, 3.8) is 0 Å². The summed E-state index contributed by atoms with van der Waals surface area (Å²) in [6, 6.07) is 8.03. The van der Waals surface area contributed by atoms with Gasteiger partial charge in [-0.25, -0.2) is 4.79 Å². The molecule has 0 aliphatic carbocycles. The first-order valence-electron chi connectivity index (χ1n) is 5.42. The number of esters is 1. The summed E-state index contributed by atoms with van der Waals surface area (Å²) in [6.07, 6.45) is 0.158. The maximum Gasteiger partial charge on any atom is 0.340 e. The molecule has 1 aromatic rings. The zero-order chi connectivity index (χ0) is 11.8. The van der Waals surface area contributed by atoms with Crippen LogP contribution >= 0.6 is 0 Å². The number of ether oxygens (including phenoxy) is 2. The molecule has 1 fully saturated rings. The molecule has 1 aliphatic heterocycles. The zero-order valence-electron chi connectivity index (χ0n) is 9.82. The fourth-order valence-corrected chi connectivity index (χ4v) is 1.76. The quantitative estimate of drug-likeness (QED) is 0.717. The Kier molecular flexibility index (Phi) is 2.72. The van der Waals surface area contributed by atoms with E-state index in [2.05, 4.69) is 0 Å². The van der Waals surface area contributed by atoms with Crippen LogP contribution in [0, 0.1) is 6.92 Å². The van der Waals surface area contributed by atoms with Crippen molar-refractivity contribution in [1.29, 1.82) is 0 Å². The molecular weight excluding hydrogens is 204 g/mol. The summed E-state index contributed by atoms with van der Waals surface area (Å²) in [6.45, 7) is 5.50. The molecule has 0 amide bonds. The first kappa shape index (κ1) is 11.1. The fourth-order valence-electron chi connectivity index (χ4n) is 1.76. The molecule has 1 atom stereocenters. The number of cyclic esters (lactones) is 1. The molecule has 0 spiro atoms. The van der Waals surface area contributed by atoms with Crippen molar-refractivity contribution in [1.82, 2.24) is 0 Å². The molecule has 16 heavy (non-hydrogen) atoms. The Balaban J connectivity index is 2.08. The molecule has 0 radical (unpaired) electrons. The van der Waals surface area contributed by atoms with Gasteiger partial charge in [0.25, 0.3) is 0 Å². The van der Waals surface area contributed by atoms with Crippen LogP contribution in [0.5, 0.6) is 0 Å². The molecule has 1 unspecified atom stereocenters. The third-order valence-corrected chi connectivity index (χ3v) is 2.80. The lowest BCUT2D eigenvalue weighted by Gasteiger charge is -2.13. The fraction of sp³-hybridized carbons (Fsp3) is 0.462. The maximum atomic E-state index is 11.4. The Morgan fingerprint density at radius 2 is 2.00 bits per heavy atom. The van der Waals surface area contributed by atoms with Crippen LogP contribution in [0.3, 0.4) is 0 Å². The second-order valence-corrected chi connectivity index (χ2v) is 4.59. The number of aryl methyl sites for hydroxylation is 1. The van der Waals surface area contributed by atoms with E-state index in [4.69, 9.17) is 9.47 Å².